The SMILES string of the molecule is COc1cc2c(cc1OCc1ccccc1)[C@@H]1Cc3sccc3CN1CC2. The van der Waals surface area contributed by atoms with Crippen molar-refractivity contribution in [1.29, 1.82) is 0 Å². The maximum atomic E-state index is 6.17. The van der Waals surface area contributed by atoms with Crippen LogP contribution in [0.1, 0.15) is 33.2 Å². The van der Waals surface area contributed by atoms with Crippen molar-refractivity contribution >= 4 is 11.3 Å². The lowest BCUT2D eigenvalue weighted by atomic mass is 9.87. The van der Waals surface area contributed by atoms with Crippen LogP contribution in [0.3, 0.4) is 0 Å². The number of thiophene rings is 1. The van der Waals surface area contributed by atoms with Gasteiger partial charge in [0.1, 0.15) is 6.61 Å². The van der Waals surface area contributed by atoms with Gasteiger partial charge in [-0.2, -0.15) is 0 Å². The molecule has 0 aliphatic carbocycles. The number of nitrogens with zero attached hydrogens (tertiary/aromatic N) is 1. The molecule has 2 aromatic carbocycles. The van der Waals surface area contributed by atoms with E-state index < -0.39 is 0 Å². The highest BCUT2D eigenvalue weighted by Gasteiger charge is 2.33. The summed E-state index contributed by atoms with van der Waals surface area (Å²) < 4.78 is 11.8. The predicted molar refractivity (Wildman–Crippen MR) is 109 cm³/mol. The maximum Gasteiger partial charge on any atom is 0.162 e. The summed E-state index contributed by atoms with van der Waals surface area (Å²) in [7, 11) is 1.73. The fourth-order valence-corrected chi connectivity index (χ4v) is 5.21. The normalized spacial score (nSPS) is 18.3. The van der Waals surface area contributed by atoms with E-state index in [4.69, 9.17) is 9.47 Å². The van der Waals surface area contributed by atoms with Crippen molar-refractivity contribution in [2.75, 3.05) is 13.7 Å². The van der Waals surface area contributed by atoms with Gasteiger partial charge in [-0.15, -0.1) is 11.3 Å². The van der Waals surface area contributed by atoms with Crippen LogP contribution in [0.15, 0.2) is 53.9 Å². The molecule has 2 aliphatic rings. The second-order valence-electron chi connectivity index (χ2n) is 7.29. The molecule has 5 rings (SSSR count). The Morgan fingerprint density at radius 3 is 2.81 bits per heavy atom. The monoisotopic (exact) mass is 377 g/mol. The largest absolute Gasteiger partial charge is 0.493 e. The van der Waals surface area contributed by atoms with Crippen molar-refractivity contribution in [1.82, 2.24) is 4.90 Å². The molecule has 0 unspecified atom stereocenters. The second kappa shape index (κ2) is 7.02. The quantitative estimate of drug-likeness (QED) is 0.639. The number of hydrogen-bond acceptors (Lipinski definition) is 4. The first-order valence-electron chi connectivity index (χ1n) is 9.48. The van der Waals surface area contributed by atoms with Gasteiger partial charge in [0.2, 0.25) is 0 Å². The van der Waals surface area contributed by atoms with Gasteiger partial charge in [-0.05, 0) is 52.3 Å². The van der Waals surface area contributed by atoms with Gasteiger partial charge in [0, 0.05) is 30.4 Å². The third-order valence-electron chi connectivity index (χ3n) is 5.72. The zero-order chi connectivity index (χ0) is 18.2. The van der Waals surface area contributed by atoms with Gasteiger partial charge in [0.05, 0.1) is 7.11 Å². The molecule has 0 saturated heterocycles. The number of hydrogen-bond donors (Lipinski definition) is 0. The van der Waals surface area contributed by atoms with Crippen molar-refractivity contribution in [2.45, 2.75) is 32.0 Å². The Kier molecular flexibility index (Phi) is 4.38. The van der Waals surface area contributed by atoms with Crippen LogP contribution in [0.25, 0.3) is 0 Å². The summed E-state index contributed by atoms with van der Waals surface area (Å²) >= 11 is 1.89. The average molecular weight is 378 g/mol. The van der Waals surface area contributed by atoms with Crippen LogP contribution in [0, 0.1) is 0 Å². The van der Waals surface area contributed by atoms with E-state index in [1.807, 2.05) is 29.5 Å². The number of fused-ring (bicyclic) bond motifs is 4. The molecule has 0 bridgehead atoms. The molecule has 0 amide bonds. The van der Waals surface area contributed by atoms with Gasteiger partial charge in [-0.3, -0.25) is 4.90 Å². The summed E-state index contributed by atoms with van der Waals surface area (Å²) in [5, 5.41) is 2.23. The summed E-state index contributed by atoms with van der Waals surface area (Å²) in [6, 6.07) is 17.4. The third-order valence-corrected chi connectivity index (χ3v) is 6.71. The molecule has 27 heavy (non-hydrogen) atoms. The smallest absolute Gasteiger partial charge is 0.162 e. The lowest BCUT2D eigenvalue weighted by Gasteiger charge is -2.40. The van der Waals surface area contributed by atoms with Gasteiger partial charge in [0.15, 0.2) is 11.5 Å². The molecule has 0 spiro atoms. The van der Waals surface area contributed by atoms with Crippen molar-refractivity contribution in [2.24, 2.45) is 0 Å². The maximum absolute atomic E-state index is 6.17. The summed E-state index contributed by atoms with van der Waals surface area (Å²) in [6.07, 6.45) is 2.17. The molecule has 3 aromatic rings. The minimum Gasteiger partial charge on any atom is -0.493 e. The van der Waals surface area contributed by atoms with Crippen LogP contribution in [0.2, 0.25) is 0 Å². The molecule has 0 radical (unpaired) electrons. The Morgan fingerprint density at radius 1 is 1.07 bits per heavy atom. The number of methoxy groups -OCH3 is 1. The Labute approximate surface area is 164 Å². The van der Waals surface area contributed by atoms with Gasteiger partial charge in [-0.25, -0.2) is 0 Å². The van der Waals surface area contributed by atoms with E-state index in [-0.39, 0.29) is 0 Å². The second-order valence-corrected chi connectivity index (χ2v) is 8.29. The molecule has 3 heterocycles. The van der Waals surface area contributed by atoms with Crippen LogP contribution < -0.4 is 9.47 Å². The molecular weight excluding hydrogens is 354 g/mol. The molecule has 0 saturated carbocycles. The molecule has 2 aliphatic heterocycles. The van der Waals surface area contributed by atoms with E-state index in [0.29, 0.717) is 12.6 Å². The van der Waals surface area contributed by atoms with E-state index in [1.165, 1.54) is 27.1 Å². The van der Waals surface area contributed by atoms with Crippen LogP contribution in [0.4, 0.5) is 0 Å². The van der Waals surface area contributed by atoms with Gasteiger partial charge in [-0.1, -0.05) is 30.3 Å². The van der Waals surface area contributed by atoms with E-state index in [9.17, 15) is 0 Å². The van der Waals surface area contributed by atoms with Crippen molar-refractivity contribution < 1.29 is 9.47 Å². The number of benzene rings is 2. The Hall–Kier alpha value is -2.30. The van der Waals surface area contributed by atoms with Crippen LogP contribution in [0.5, 0.6) is 11.5 Å². The zero-order valence-electron chi connectivity index (χ0n) is 15.5. The van der Waals surface area contributed by atoms with Crippen molar-refractivity contribution in [3.05, 3.63) is 81.0 Å². The Morgan fingerprint density at radius 2 is 1.96 bits per heavy atom. The first-order chi connectivity index (χ1) is 13.3. The number of ether oxygens (including phenoxy) is 2. The third kappa shape index (κ3) is 3.13. The van der Waals surface area contributed by atoms with Crippen molar-refractivity contribution in [3.8, 4) is 11.5 Å². The molecule has 1 atom stereocenters. The van der Waals surface area contributed by atoms with Gasteiger partial charge < -0.3 is 9.47 Å². The highest BCUT2D eigenvalue weighted by Crippen LogP contribution is 2.43. The Bertz CT molecular complexity index is 950. The van der Waals surface area contributed by atoms with Crippen LogP contribution >= 0.6 is 11.3 Å². The van der Waals surface area contributed by atoms with Crippen LogP contribution in [-0.4, -0.2) is 18.6 Å². The minimum atomic E-state index is 0.449. The summed E-state index contributed by atoms with van der Waals surface area (Å²) in [4.78, 5) is 4.15. The predicted octanol–water partition coefficient (Wildman–Crippen LogP) is 4.99. The lowest BCUT2D eigenvalue weighted by molar-refractivity contribution is 0.161. The van der Waals surface area contributed by atoms with Gasteiger partial charge >= 0.3 is 0 Å². The summed E-state index contributed by atoms with van der Waals surface area (Å²) in [5.74, 6) is 1.68. The Balaban J connectivity index is 1.46. The fraction of sp³-hybridized carbons (Fsp3) is 0.304. The van der Waals surface area contributed by atoms with E-state index in [1.54, 1.807) is 7.11 Å². The average Bonchev–Trinajstić information content (AvgIpc) is 3.18. The zero-order valence-corrected chi connectivity index (χ0v) is 16.3. The molecule has 0 N–H and O–H groups in total. The lowest BCUT2D eigenvalue weighted by Crippen LogP contribution is -2.38. The number of rotatable bonds is 4. The molecule has 138 valence electrons. The van der Waals surface area contributed by atoms with E-state index in [0.717, 1.165) is 37.4 Å². The highest BCUT2D eigenvalue weighted by atomic mass is 32.1. The molecule has 1 aromatic heterocycles. The molecule has 0 fully saturated rings. The standard InChI is InChI=1S/C23H23NO2S/c1-25-21-11-17-7-9-24-14-18-8-10-27-23(18)13-20(24)19(17)12-22(21)26-15-16-5-3-2-4-6-16/h2-6,8,10-12,20H,7,9,13-15H2,1H3/t20-/m0/s1. The topological polar surface area (TPSA) is 21.7 Å². The molecular formula is C23H23NO2S. The van der Waals surface area contributed by atoms with Gasteiger partial charge in [0.25, 0.3) is 0 Å². The molecule has 3 nitrogen and oxygen atoms in total. The minimum absolute atomic E-state index is 0.449. The van der Waals surface area contributed by atoms with Crippen molar-refractivity contribution in [3.63, 3.8) is 0 Å². The highest BCUT2D eigenvalue weighted by molar-refractivity contribution is 7.10. The summed E-state index contributed by atoms with van der Waals surface area (Å²) in [5.41, 5.74) is 5.48. The summed E-state index contributed by atoms with van der Waals surface area (Å²) in [6.45, 7) is 2.73. The first kappa shape index (κ1) is 16.8. The molecule has 4 heteroatoms. The fourth-order valence-electron chi connectivity index (χ4n) is 4.28. The van der Waals surface area contributed by atoms with E-state index in [2.05, 4.69) is 40.6 Å². The van der Waals surface area contributed by atoms with Crippen LogP contribution in [-0.2, 0) is 26.0 Å². The van der Waals surface area contributed by atoms with E-state index >= 15 is 0 Å². The first-order valence-corrected chi connectivity index (χ1v) is 10.4.